The lowest BCUT2D eigenvalue weighted by atomic mass is 10.2. The molecule has 2 aromatic rings. The molecule has 5 nitrogen and oxygen atoms in total. The smallest absolute Gasteiger partial charge is 0.240 e. The molecule has 0 aliphatic heterocycles. The zero-order chi connectivity index (χ0) is 14.0. The summed E-state index contributed by atoms with van der Waals surface area (Å²) >= 11 is 1.64. The van der Waals surface area contributed by atoms with Crippen LogP contribution in [0.4, 0.5) is 11.4 Å². The Morgan fingerprint density at radius 1 is 1.32 bits per heavy atom. The number of thiophene rings is 1. The second-order valence-corrected chi connectivity index (χ2v) is 6.56. The summed E-state index contributed by atoms with van der Waals surface area (Å²) in [7, 11) is -1.85. The number of primary sulfonamides is 1. The van der Waals surface area contributed by atoms with Gasteiger partial charge < -0.3 is 10.6 Å². The molecule has 0 spiro atoms. The number of hydrogen-bond donors (Lipinski definition) is 2. The minimum atomic E-state index is -3.77. The van der Waals surface area contributed by atoms with Crippen molar-refractivity contribution in [2.24, 2.45) is 5.14 Å². The van der Waals surface area contributed by atoms with Crippen LogP contribution in [0.15, 0.2) is 39.9 Å². The van der Waals surface area contributed by atoms with Crippen LogP contribution in [0.5, 0.6) is 0 Å². The van der Waals surface area contributed by atoms with Gasteiger partial charge in [0, 0.05) is 19.3 Å². The number of rotatable bonds is 4. The van der Waals surface area contributed by atoms with Gasteiger partial charge in [0.1, 0.15) is 4.90 Å². The second-order valence-electron chi connectivity index (χ2n) is 4.25. The first-order valence-corrected chi connectivity index (χ1v) is 8.01. The fraction of sp³-hybridized carbons (Fsp3) is 0.167. The average Bonchev–Trinajstić information content (AvgIpc) is 2.79. The Morgan fingerprint density at radius 2 is 2.05 bits per heavy atom. The molecule has 7 heteroatoms. The highest BCUT2D eigenvalue weighted by atomic mass is 32.2. The first kappa shape index (κ1) is 13.9. The normalized spacial score (nSPS) is 11.5. The zero-order valence-electron chi connectivity index (χ0n) is 10.4. The van der Waals surface area contributed by atoms with Crippen LogP contribution < -0.4 is 15.8 Å². The first-order chi connectivity index (χ1) is 8.88. The van der Waals surface area contributed by atoms with E-state index in [0.717, 1.165) is 12.2 Å². The van der Waals surface area contributed by atoms with Crippen LogP contribution in [-0.2, 0) is 16.6 Å². The minimum Gasteiger partial charge on any atom is -0.398 e. The highest BCUT2D eigenvalue weighted by molar-refractivity contribution is 7.89. The maximum Gasteiger partial charge on any atom is 0.240 e. The average molecular weight is 297 g/mol. The summed E-state index contributed by atoms with van der Waals surface area (Å²) in [6.45, 7) is 0.734. The lowest BCUT2D eigenvalue weighted by Crippen LogP contribution is -2.18. The molecule has 4 N–H and O–H groups in total. The molecule has 0 saturated carbocycles. The number of hydrogen-bond acceptors (Lipinski definition) is 5. The van der Waals surface area contributed by atoms with E-state index in [9.17, 15) is 8.42 Å². The number of nitrogens with two attached hydrogens (primary N) is 2. The largest absolute Gasteiger partial charge is 0.398 e. The van der Waals surface area contributed by atoms with Crippen LogP contribution in [-0.4, -0.2) is 15.5 Å². The van der Waals surface area contributed by atoms with E-state index >= 15 is 0 Å². The van der Waals surface area contributed by atoms with E-state index in [-0.39, 0.29) is 10.6 Å². The highest BCUT2D eigenvalue weighted by Gasteiger charge is 2.13. The van der Waals surface area contributed by atoms with E-state index in [1.807, 2.05) is 23.4 Å². The van der Waals surface area contributed by atoms with Crippen molar-refractivity contribution in [2.75, 3.05) is 17.7 Å². The van der Waals surface area contributed by atoms with Crippen molar-refractivity contribution >= 4 is 32.7 Å². The Labute approximate surface area is 116 Å². The Bertz CT molecular complexity index is 666. The standard InChI is InChI=1S/C12H15N3O2S2/c1-15(7-9-4-5-18-8-9)10-2-3-12(11(13)6-10)19(14,16)17/h2-6,8H,7,13H2,1H3,(H2,14,16,17). The molecular weight excluding hydrogens is 282 g/mol. The van der Waals surface area contributed by atoms with Gasteiger partial charge in [0.2, 0.25) is 10.0 Å². The number of nitrogen functional groups attached to an aromatic ring is 1. The van der Waals surface area contributed by atoms with Crippen LogP contribution in [0.25, 0.3) is 0 Å². The van der Waals surface area contributed by atoms with E-state index in [4.69, 9.17) is 10.9 Å². The Hall–Kier alpha value is -1.57. The van der Waals surface area contributed by atoms with Crippen LogP contribution in [0, 0.1) is 0 Å². The molecular formula is C12H15N3O2S2. The molecule has 1 aromatic carbocycles. The van der Waals surface area contributed by atoms with Gasteiger partial charge in [-0.25, -0.2) is 13.6 Å². The number of sulfonamides is 1. The van der Waals surface area contributed by atoms with Gasteiger partial charge in [-0.05, 0) is 40.6 Å². The highest BCUT2D eigenvalue weighted by Crippen LogP contribution is 2.24. The van der Waals surface area contributed by atoms with Gasteiger partial charge in [-0.2, -0.15) is 11.3 Å². The van der Waals surface area contributed by atoms with Gasteiger partial charge in [-0.15, -0.1) is 0 Å². The molecule has 0 aliphatic carbocycles. The summed E-state index contributed by atoms with van der Waals surface area (Å²) < 4.78 is 22.6. The molecule has 0 atom stereocenters. The summed E-state index contributed by atoms with van der Waals surface area (Å²) in [5.41, 5.74) is 7.94. The van der Waals surface area contributed by atoms with E-state index in [1.54, 1.807) is 23.5 Å². The maximum absolute atomic E-state index is 11.3. The molecule has 0 unspecified atom stereocenters. The van der Waals surface area contributed by atoms with Crippen LogP contribution in [0.3, 0.4) is 0 Å². The summed E-state index contributed by atoms with van der Waals surface area (Å²) in [6.07, 6.45) is 0. The molecule has 0 amide bonds. The molecule has 2 rings (SSSR count). The molecule has 0 bridgehead atoms. The monoisotopic (exact) mass is 297 g/mol. The summed E-state index contributed by atoms with van der Waals surface area (Å²) in [5, 5.41) is 9.16. The van der Waals surface area contributed by atoms with Crippen molar-refractivity contribution in [3.63, 3.8) is 0 Å². The third-order valence-electron chi connectivity index (χ3n) is 2.74. The number of benzene rings is 1. The molecule has 1 heterocycles. The molecule has 0 aliphatic rings. The van der Waals surface area contributed by atoms with Crippen LogP contribution in [0.2, 0.25) is 0 Å². The van der Waals surface area contributed by atoms with E-state index < -0.39 is 10.0 Å². The van der Waals surface area contributed by atoms with Crippen molar-refractivity contribution in [2.45, 2.75) is 11.4 Å². The summed E-state index contributed by atoms with van der Waals surface area (Å²) in [5.74, 6) is 0. The van der Waals surface area contributed by atoms with Crippen molar-refractivity contribution < 1.29 is 8.42 Å². The molecule has 0 radical (unpaired) electrons. The second kappa shape index (κ2) is 5.20. The summed E-state index contributed by atoms with van der Waals surface area (Å²) in [6, 6.07) is 6.79. The molecule has 1 aromatic heterocycles. The zero-order valence-corrected chi connectivity index (χ0v) is 12.0. The van der Waals surface area contributed by atoms with Crippen molar-refractivity contribution in [1.82, 2.24) is 0 Å². The van der Waals surface area contributed by atoms with Gasteiger partial charge in [-0.1, -0.05) is 0 Å². The lowest BCUT2D eigenvalue weighted by Gasteiger charge is -2.19. The Kier molecular flexibility index (Phi) is 3.79. The predicted molar refractivity (Wildman–Crippen MR) is 78.7 cm³/mol. The van der Waals surface area contributed by atoms with E-state index in [1.165, 1.54) is 11.6 Å². The summed E-state index contributed by atoms with van der Waals surface area (Å²) in [4.78, 5) is 1.95. The van der Waals surface area contributed by atoms with Gasteiger partial charge in [0.15, 0.2) is 0 Å². The quantitative estimate of drug-likeness (QED) is 0.839. The van der Waals surface area contributed by atoms with Gasteiger partial charge in [0.05, 0.1) is 5.69 Å². The van der Waals surface area contributed by atoms with Gasteiger partial charge in [-0.3, -0.25) is 0 Å². The third-order valence-corrected chi connectivity index (χ3v) is 4.46. The van der Waals surface area contributed by atoms with E-state index in [2.05, 4.69) is 5.38 Å². The van der Waals surface area contributed by atoms with Crippen LogP contribution >= 0.6 is 11.3 Å². The number of anilines is 2. The maximum atomic E-state index is 11.3. The van der Waals surface area contributed by atoms with Gasteiger partial charge in [0.25, 0.3) is 0 Å². The fourth-order valence-electron chi connectivity index (χ4n) is 1.78. The SMILES string of the molecule is CN(Cc1ccsc1)c1ccc(S(N)(=O)=O)c(N)c1. The molecule has 0 saturated heterocycles. The Morgan fingerprint density at radius 3 is 2.58 bits per heavy atom. The topological polar surface area (TPSA) is 89.4 Å². The number of nitrogens with zero attached hydrogens (tertiary/aromatic N) is 1. The first-order valence-electron chi connectivity index (χ1n) is 5.52. The third kappa shape index (κ3) is 3.25. The van der Waals surface area contributed by atoms with Crippen molar-refractivity contribution in [3.8, 4) is 0 Å². The van der Waals surface area contributed by atoms with Gasteiger partial charge >= 0.3 is 0 Å². The predicted octanol–water partition coefficient (Wildman–Crippen LogP) is 1.61. The lowest BCUT2D eigenvalue weighted by molar-refractivity contribution is 0.598. The minimum absolute atomic E-state index is 0.0415. The Balaban J connectivity index is 2.25. The molecule has 102 valence electrons. The van der Waals surface area contributed by atoms with Crippen LogP contribution in [0.1, 0.15) is 5.56 Å². The van der Waals surface area contributed by atoms with Crippen molar-refractivity contribution in [3.05, 3.63) is 40.6 Å². The molecule has 0 fully saturated rings. The fourth-order valence-corrected chi connectivity index (χ4v) is 3.09. The van der Waals surface area contributed by atoms with Crippen molar-refractivity contribution in [1.29, 1.82) is 0 Å². The molecule has 19 heavy (non-hydrogen) atoms. The van der Waals surface area contributed by atoms with E-state index in [0.29, 0.717) is 0 Å².